The van der Waals surface area contributed by atoms with Gasteiger partial charge in [0.15, 0.2) is 6.61 Å². The van der Waals surface area contributed by atoms with E-state index in [9.17, 15) is 9.59 Å². The standard InChI is InChI=1S/C9H9ClN2O3/c10-6-3-1-2-5(8(6)12)9(14)15-4-7(11)13/h1-3H,4,12H2,(H2,11,13). The van der Waals surface area contributed by atoms with Crippen LogP contribution >= 0.6 is 11.6 Å². The number of benzene rings is 1. The highest BCUT2D eigenvalue weighted by molar-refractivity contribution is 6.33. The van der Waals surface area contributed by atoms with Crippen LogP contribution in [0, 0.1) is 0 Å². The fourth-order valence-corrected chi connectivity index (χ4v) is 1.10. The maximum atomic E-state index is 11.4. The number of hydrogen-bond donors (Lipinski definition) is 2. The summed E-state index contributed by atoms with van der Waals surface area (Å²) in [5, 5.41) is 0.253. The topological polar surface area (TPSA) is 95.4 Å². The lowest BCUT2D eigenvalue weighted by atomic mass is 10.2. The van der Waals surface area contributed by atoms with Crippen LogP contribution in [-0.2, 0) is 9.53 Å². The first-order valence-electron chi connectivity index (χ1n) is 4.01. The number of nitrogens with two attached hydrogens (primary N) is 2. The molecule has 4 N–H and O–H groups in total. The van der Waals surface area contributed by atoms with Crippen LogP contribution in [-0.4, -0.2) is 18.5 Å². The van der Waals surface area contributed by atoms with Crippen molar-refractivity contribution in [3.05, 3.63) is 28.8 Å². The Labute approximate surface area is 90.9 Å². The minimum atomic E-state index is -0.732. The first-order chi connectivity index (χ1) is 7.02. The van der Waals surface area contributed by atoms with Crippen molar-refractivity contribution in [2.24, 2.45) is 5.73 Å². The van der Waals surface area contributed by atoms with Gasteiger partial charge in [0, 0.05) is 0 Å². The second-order valence-electron chi connectivity index (χ2n) is 2.74. The minimum absolute atomic E-state index is 0.115. The average molecular weight is 229 g/mol. The van der Waals surface area contributed by atoms with E-state index in [0.29, 0.717) is 0 Å². The number of hydrogen-bond acceptors (Lipinski definition) is 4. The first kappa shape index (κ1) is 11.3. The average Bonchev–Trinajstić information content (AvgIpc) is 2.18. The van der Waals surface area contributed by atoms with Crippen LogP contribution in [0.25, 0.3) is 0 Å². The number of anilines is 1. The summed E-state index contributed by atoms with van der Waals surface area (Å²) in [5.74, 6) is -1.46. The third-order valence-corrected chi connectivity index (χ3v) is 1.95. The summed E-state index contributed by atoms with van der Waals surface area (Å²) in [5.41, 5.74) is 10.6. The second-order valence-corrected chi connectivity index (χ2v) is 3.15. The van der Waals surface area contributed by atoms with Gasteiger partial charge in [-0.2, -0.15) is 0 Å². The van der Waals surface area contributed by atoms with E-state index < -0.39 is 18.5 Å². The normalized spacial score (nSPS) is 9.67. The Morgan fingerprint density at radius 1 is 1.40 bits per heavy atom. The summed E-state index contributed by atoms with van der Waals surface area (Å²) in [7, 11) is 0. The molecule has 1 amide bonds. The van der Waals surface area contributed by atoms with E-state index in [2.05, 4.69) is 4.74 Å². The van der Waals surface area contributed by atoms with E-state index in [1.807, 2.05) is 0 Å². The highest BCUT2D eigenvalue weighted by Crippen LogP contribution is 2.22. The summed E-state index contributed by atoms with van der Waals surface area (Å²) >= 11 is 5.70. The Balaban J connectivity index is 2.82. The molecule has 0 spiro atoms. The third-order valence-electron chi connectivity index (χ3n) is 1.62. The van der Waals surface area contributed by atoms with Crippen LogP contribution in [0.3, 0.4) is 0 Å². The summed E-state index contributed by atoms with van der Waals surface area (Å²) in [4.78, 5) is 21.7. The zero-order valence-electron chi connectivity index (χ0n) is 7.70. The maximum absolute atomic E-state index is 11.4. The summed E-state index contributed by atoms with van der Waals surface area (Å²) in [6.07, 6.45) is 0. The van der Waals surface area contributed by atoms with Crippen LogP contribution < -0.4 is 11.5 Å². The number of carbonyl (C=O) groups excluding carboxylic acids is 2. The lowest BCUT2D eigenvalue weighted by Crippen LogP contribution is -2.21. The van der Waals surface area contributed by atoms with E-state index >= 15 is 0 Å². The van der Waals surface area contributed by atoms with Crippen molar-refractivity contribution < 1.29 is 14.3 Å². The maximum Gasteiger partial charge on any atom is 0.340 e. The van der Waals surface area contributed by atoms with Crippen LogP contribution in [0.4, 0.5) is 5.69 Å². The number of para-hydroxylation sites is 1. The fourth-order valence-electron chi connectivity index (χ4n) is 0.929. The molecule has 1 aromatic carbocycles. The van der Waals surface area contributed by atoms with Gasteiger partial charge in [-0.25, -0.2) is 4.79 Å². The molecule has 5 nitrogen and oxygen atoms in total. The van der Waals surface area contributed by atoms with Crippen molar-refractivity contribution in [3.8, 4) is 0 Å². The van der Waals surface area contributed by atoms with Gasteiger partial charge in [-0.1, -0.05) is 17.7 Å². The van der Waals surface area contributed by atoms with E-state index in [1.165, 1.54) is 6.07 Å². The molecule has 0 unspecified atom stereocenters. The molecule has 0 aliphatic heterocycles. The largest absolute Gasteiger partial charge is 0.452 e. The molecule has 6 heteroatoms. The van der Waals surface area contributed by atoms with Crippen molar-refractivity contribution in [1.82, 2.24) is 0 Å². The number of halogens is 1. The molecular formula is C9H9ClN2O3. The van der Waals surface area contributed by atoms with Gasteiger partial charge in [0.2, 0.25) is 0 Å². The van der Waals surface area contributed by atoms with E-state index in [4.69, 9.17) is 23.1 Å². The zero-order valence-corrected chi connectivity index (χ0v) is 8.45. The number of primary amides is 1. The molecule has 0 saturated carbocycles. The Morgan fingerprint density at radius 2 is 2.07 bits per heavy atom. The first-order valence-corrected chi connectivity index (χ1v) is 4.39. The number of carbonyl (C=O) groups is 2. The fraction of sp³-hybridized carbons (Fsp3) is 0.111. The van der Waals surface area contributed by atoms with Crippen LogP contribution in [0.1, 0.15) is 10.4 Å². The Hall–Kier alpha value is -1.75. The predicted octanol–water partition coefficient (Wildman–Crippen LogP) is 0.564. The minimum Gasteiger partial charge on any atom is -0.452 e. The predicted molar refractivity (Wildman–Crippen MR) is 55.3 cm³/mol. The van der Waals surface area contributed by atoms with Gasteiger partial charge in [0.1, 0.15) is 0 Å². The van der Waals surface area contributed by atoms with Crippen molar-refractivity contribution in [3.63, 3.8) is 0 Å². The smallest absolute Gasteiger partial charge is 0.340 e. The molecule has 15 heavy (non-hydrogen) atoms. The number of ether oxygens (including phenoxy) is 1. The molecule has 0 aliphatic carbocycles. The SMILES string of the molecule is NC(=O)COC(=O)c1cccc(Cl)c1N. The van der Waals surface area contributed by atoms with E-state index in [-0.39, 0.29) is 16.3 Å². The number of amides is 1. The van der Waals surface area contributed by atoms with Crippen LogP contribution in [0.5, 0.6) is 0 Å². The highest BCUT2D eigenvalue weighted by Gasteiger charge is 2.13. The second kappa shape index (κ2) is 4.65. The highest BCUT2D eigenvalue weighted by atomic mass is 35.5. The van der Waals surface area contributed by atoms with E-state index in [1.54, 1.807) is 12.1 Å². The lowest BCUT2D eigenvalue weighted by Gasteiger charge is -2.06. The summed E-state index contributed by atoms with van der Waals surface area (Å²) in [6, 6.07) is 4.55. The summed E-state index contributed by atoms with van der Waals surface area (Å²) in [6.45, 7) is -0.481. The molecule has 0 bridgehead atoms. The molecule has 1 rings (SSSR count). The van der Waals surface area contributed by atoms with Crippen LogP contribution in [0.15, 0.2) is 18.2 Å². The number of nitrogen functional groups attached to an aromatic ring is 1. The molecule has 0 fully saturated rings. The van der Waals surface area contributed by atoms with Gasteiger partial charge in [-0.3, -0.25) is 4.79 Å². The van der Waals surface area contributed by atoms with Crippen molar-refractivity contribution in [2.45, 2.75) is 0 Å². The Morgan fingerprint density at radius 3 is 2.67 bits per heavy atom. The van der Waals surface area contributed by atoms with E-state index in [0.717, 1.165) is 0 Å². The van der Waals surface area contributed by atoms with Gasteiger partial charge in [-0.05, 0) is 12.1 Å². The Kier molecular flexibility index (Phi) is 3.51. The molecule has 0 radical (unpaired) electrons. The molecule has 0 heterocycles. The van der Waals surface area contributed by atoms with Crippen molar-refractivity contribution >= 4 is 29.2 Å². The third kappa shape index (κ3) is 2.85. The van der Waals surface area contributed by atoms with Gasteiger partial charge in [0.05, 0.1) is 16.3 Å². The van der Waals surface area contributed by atoms with Gasteiger partial charge >= 0.3 is 5.97 Å². The molecule has 0 atom stereocenters. The molecule has 80 valence electrons. The van der Waals surface area contributed by atoms with Gasteiger partial charge in [0.25, 0.3) is 5.91 Å². The van der Waals surface area contributed by atoms with Crippen LogP contribution in [0.2, 0.25) is 5.02 Å². The van der Waals surface area contributed by atoms with Crippen molar-refractivity contribution in [1.29, 1.82) is 0 Å². The number of esters is 1. The lowest BCUT2D eigenvalue weighted by molar-refractivity contribution is -0.121. The molecule has 0 aliphatic rings. The number of rotatable bonds is 3. The van der Waals surface area contributed by atoms with Crippen molar-refractivity contribution in [2.75, 3.05) is 12.3 Å². The molecule has 0 aromatic heterocycles. The van der Waals surface area contributed by atoms with Gasteiger partial charge in [-0.15, -0.1) is 0 Å². The zero-order chi connectivity index (χ0) is 11.4. The molecular weight excluding hydrogens is 220 g/mol. The molecule has 0 saturated heterocycles. The monoisotopic (exact) mass is 228 g/mol. The molecule has 1 aromatic rings. The quantitative estimate of drug-likeness (QED) is 0.584. The van der Waals surface area contributed by atoms with Gasteiger partial charge < -0.3 is 16.2 Å². The Bertz CT molecular complexity index is 406. The summed E-state index contributed by atoms with van der Waals surface area (Å²) < 4.78 is 4.57.